The van der Waals surface area contributed by atoms with Gasteiger partial charge in [0.2, 0.25) is 5.91 Å². The van der Waals surface area contributed by atoms with Gasteiger partial charge < -0.3 is 47.7 Å². The number of nitrogens with two attached hydrogens (primary N) is 3. The molecule has 2 atom stereocenters. The number of carbonyl (C=O) groups excluding carboxylic acids is 4. The van der Waals surface area contributed by atoms with E-state index >= 15 is 0 Å². The molecule has 15 nitrogen and oxygen atoms in total. The number of guanidine groups is 1. The van der Waals surface area contributed by atoms with E-state index in [0.29, 0.717) is 62.1 Å². The summed E-state index contributed by atoms with van der Waals surface area (Å²) in [5, 5.41) is 18.7. The van der Waals surface area contributed by atoms with Crippen LogP contribution in [0.5, 0.6) is 0 Å². The zero-order valence-corrected chi connectivity index (χ0v) is 25.9. The number of ketones is 2. The number of thiocarbonyl (C=S) groups is 1. The van der Waals surface area contributed by atoms with E-state index in [1.54, 1.807) is 12.1 Å². The fourth-order valence-electron chi connectivity index (χ4n) is 5.68. The van der Waals surface area contributed by atoms with Gasteiger partial charge in [-0.05, 0) is 72.3 Å². The quantitative estimate of drug-likeness (QED) is 0.0725. The largest absolute Gasteiger partial charge is 0.489 e. The van der Waals surface area contributed by atoms with Crippen LogP contribution in [0.25, 0.3) is 5.57 Å². The van der Waals surface area contributed by atoms with Crippen LogP contribution in [0.2, 0.25) is 0 Å². The number of carboxylic acid groups (broad SMARTS) is 1. The number of nitrogens with zero attached hydrogens (tertiary/aromatic N) is 1. The van der Waals surface area contributed by atoms with Gasteiger partial charge in [0.05, 0.1) is 24.6 Å². The van der Waals surface area contributed by atoms with Crippen molar-refractivity contribution in [2.45, 2.75) is 63.5 Å². The summed E-state index contributed by atoms with van der Waals surface area (Å²) in [4.78, 5) is 64.4. The zero-order valence-electron chi connectivity index (χ0n) is 25.1. The number of fused-ring (bicyclic) bond motifs is 1. The van der Waals surface area contributed by atoms with Crippen LogP contribution >= 0.6 is 12.2 Å². The highest BCUT2D eigenvalue weighted by Crippen LogP contribution is 2.46. The number of carbonyl (C=O) groups is 5. The van der Waals surface area contributed by atoms with Crippen molar-refractivity contribution in [1.29, 1.82) is 0 Å². The van der Waals surface area contributed by atoms with Crippen molar-refractivity contribution in [3.63, 3.8) is 0 Å². The van der Waals surface area contributed by atoms with Crippen LogP contribution in [0.3, 0.4) is 0 Å². The van der Waals surface area contributed by atoms with Crippen LogP contribution < -0.4 is 33.2 Å². The molecule has 1 aromatic rings. The number of ether oxygens (including phenoxy) is 2. The number of allylic oxidation sites excluding steroid dienone is 3. The van der Waals surface area contributed by atoms with Crippen molar-refractivity contribution in [2.75, 3.05) is 25.0 Å². The molecule has 1 aliphatic heterocycles. The van der Waals surface area contributed by atoms with E-state index in [1.165, 1.54) is 6.07 Å². The monoisotopic (exact) mass is 655 g/mol. The fourth-order valence-corrected chi connectivity index (χ4v) is 5.87. The second kappa shape index (κ2) is 15.3. The van der Waals surface area contributed by atoms with E-state index in [1.807, 2.05) is 0 Å². The molecule has 0 radical (unpaired) electrons. The molecule has 1 aromatic carbocycles. The summed E-state index contributed by atoms with van der Waals surface area (Å²) >= 11 is 5.33. The smallest absolute Gasteiger partial charge is 0.404 e. The minimum absolute atomic E-state index is 0.00682. The number of benzene rings is 1. The van der Waals surface area contributed by atoms with Gasteiger partial charge >= 0.3 is 12.1 Å². The average molecular weight is 656 g/mol. The number of Topliss-reactive ketones (excluding diaryl/α,β-unsaturated/α-hetero) is 2. The lowest BCUT2D eigenvalue weighted by atomic mass is 9.76. The third-order valence-electron chi connectivity index (χ3n) is 7.71. The van der Waals surface area contributed by atoms with Gasteiger partial charge in [0.15, 0.2) is 11.1 Å². The van der Waals surface area contributed by atoms with Gasteiger partial charge in [0.25, 0.3) is 0 Å². The maximum absolute atomic E-state index is 12.6. The van der Waals surface area contributed by atoms with Gasteiger partial charge in [-0.3, -0.25) is 19.4 Å². The van der Waals surface area contributed by atoms with E-state index in [9.17, 15) is 29.1 Å². The summed E-state index contributed by atoms with van der Waals surface area (Å²) in [6.07, 6.45) is 1.23. The highest BCUT2D eigenvalue weighted by atomic mass is 32.1. The Morgan fingerprint density at radius 1 is 1.11 bits per heavy atom. The molecule has 0 aromatic heterocycles. The lowest BCUT2D eigenvalue weighted by Gasteiger charge is -2.37. The first-order chi connectivity index (χ1) is 21.9. The molecule has 3 aliphatic rings. The fraction of sp³-hybridized carbons (Fsp3) is 0.433. The highest BCUT2D eigenvalue weighted by Gasteiger charge is 2.38. The summed E-state index contributed by atoms with van der Waals surface area (Å²) < 4.78 is 10.9. The molecule has 1 heterocycles. The number of rotatable bonds is 12. The Balaban J connectivity index is 1.44. The van der Waals surface area contributed by atoms with Gasteiger partial charge in [-0.1, -0.05) is 6.07 Å². The number of anilines is 1. The predicted molar refractivity (Wildman–Crippen MR) is 172 cm³/mol. The Hall–Kier alpha value is -4.99. The van der Waals surface area contributed by atoms with Crippen molar-refractivity contribution in [2.24, 2.45) is 22.2 Å². The first-order valence-corrected chi connectivity index (χ1v) is 15.2. The van der Waals surface area contributed by atoms with E-state index in [4.69, 9.17) is 38.9 Å². The lowest BCUT2D eigenvalue weighted by Crippen LogP contribution is -2.45. The Morgan fingerprint density at radius 3 is 2.59 bits per heavy atom. The van der Waals surface area contributed by atoms with Crippen LogP contribution in [0, 0.1) is 0 Å². The zero-order chi connectivity index (χ0) is 33.4. The van der Waals surface area contributed by atoms with E-state index in [2.05, 4.69) is 20.9 Å². The molecule has 0 saturated heterocycles. The number of amides is 2. The number of carboxylic acids is 1. The van der Waals surface area contributed by atoms with Crippen LogP contribution in [0.1, 0.15) is 67.3 Å². The van der Waals surface area contributed by atoms with Crippen molar-refractivity contribution in [3.05, 3.63) is 46.2 Å². The summed E-state index contributed by atoms with van der Waals surface area (Å²) in [6.45, 7) is -0.0612. The van der Waals surface area contributed by atoms with Crippen molar-refractivity contribution in [1.82, 2.24) is 10.6 Å². The Morgan fingerprint density at radius 2 is 1.87 bits per heavy atom. The molecule has 46 heavy (non-hydrogen) atoms. The van der Waals surface area contributed by atoms with Crippen LogP contribution in [-0.4, -0.2) is 77.6 Å². The number of nitrogens with one attached hydrogen (secondary N) is 3. The molecule has 16 heteroatoms. The molecule has 2 amide bonds. The Bertz CT molecular complexity index is 1530. The molecule has 1 fully saturated rings. The van der Waals surface area contributed by atoms with E-state index < -0.39 is 30.1 Å². The highest BCUT2D eigenvalue weighted by molar-refractivity contribution is 7.80. The van der Waals surface area contributed by atoms with Gasteiger partial charge in [-0.15, -0.1) is 0 Å². The topological polar surface area (TPSA) is 251 Å². The minimum atomic E-state index is -1.17. The summed E-state index contributed by atoms with van der Waals surface area (Å²) in [5.74, 6) is -1.08. The van der Waals surface area contributed by atoms with E-state index in [0.717, 1.165) is 16.7 Å². The minimum Gasteiger partial charge on any atom is -0.489 e. The third kappa shape index (κ3) is 9.03. The molecule has 0 bridgehead atoms. The van der Waals surface area contributed by atoms with Gasteiger partial charge in [-0.2, -0.15) is 0 Å². The molecule has 1 unspecified atom stereocenters. The molecule has 10 N–H and O–H groups in total. The second-order valence-electron chi connectivity index (χ2n) is 11.1. The summed E-state index contributed by atoms with van der Waals surface area (Å²) in [6, 6.07) is 4.24. The lowest BCUT2D eigenvalue weighted by molar-refractivity contribution is -0.123. The molecular formula is C30H37N7O8S. The third-order valence-corrected chi connectivity index (χ3v) is 7.96. The number of hydrogen-bond acceptors (Lipinski definition) is 9. The predicted octanol–water partition coefficient (Wildman–Crippen LogP) is 1.22. The summed E-state index contributed by atoms with van der Waals surface area (Å²) in [5.41, 5.74) is 18.9. The van der Waals surface area contributed by atoms with Crippen LogP contribution in [0.4, 0.5) is 10.5 Å². The van der Waals surface area contributed by atoms with Gasteiger partial charge in [0, 0.05) is 31.5 Å². The average Bonchev–Trinajstić information content (AvgIpc) is 2.99. The first-order valence-electron chi connectivity index (χ1n) is 14.8. The first kappa shape index (κ1) is 33.9. The molecule has 4 rings (SSSR count). The number of aromatic carboxylic acids is 1. The Kier molecular flexibility index (Phi) is 11.3. The van der Waals surface area contributed by atoms with Crippen molar-refractivity contribution < 1.29 is 38.6 Å². The van der Waals surface area contributed by atoms with E-state index in [-0.39, 0.29) is 54.2 Å². The van der Waals surface area contributed by atoms with Crippen molar-refractivity contribution in [3.8, 4) is 0 Å². The standard InChI is InChI=1S/C30H37N7O8S/c31-28(32)34-9-1-2-16(14-44-29(33)43)36-25(40)13-35-30(46)37-15-3-6-19(22(10-15)27(41)42)26-20-7-4-17(38)11-23(20)45-24-12-18(39)5-8-21(24)26/h3,6,10,16,23H,1-2,4-5,7-9,11-14H2,(H2,33,43)(H,36,40)(H,41,42)(H4,31,32,34)(H2,35,37,46)/t16-,23?/m0/s1. The van der Waals surface area contributed by atoms with Gasteiger partial charge in [0.1, 0.15) is 30.0 Å². The molecule has 246 valence electrons. The number of primary amides is 1. The van der Waals surface area contributed by atoms with Gasteiger partial charge in [-0.25, -0.2) is 9.59 Å². The Labute approximate surface area is 270 Å². The van der Waals surface area contributed by atoms with Crippen LogP contribution in [-0.2, 0) is 23.9 Å². The molecule has 0 spiro atoms. The summed E-state index contributed by atoms with van der Waals surface area (Å²) in [7, 11) is 0. The van der Waals surface area contributed by atoms with Crippen molar-refractivity contribution >= 4 is 64.1 Å². The molecule has 1 saturated carbocycles. The number of aliphatic imine (C=N–C) groups is 1. The maximum atomic E-state index is 12.6. The molecular weight excluding hydrogens is 618 g/mol. The molecule has 2 aliphatic carbocycles. The van der Waals surface area contributed by atoms with Crippen LogP contribution in [0.15, 0.2) is 40.1 Å². The second-order valence-corrected chi connectivity index (χ2v) is 11.5. The normalized spacial score (nSPS) is 18.0. The maximum Gasteiger partial charge on any atom is 0.404 e. The number of hydrogen-bond donors (Lipinski definition) is 7. The SMILES string of the molecule is NC(=O)OC[C@H](CCCN=C(N)N)NC(=O)CNC(=S)Nc1ccc(C2=C3CCC(=O)CC3OC3=C2CCC(=O)C3)c(C(=O)O)c1.